The lowest BCUT2D eigenvalue weighted by atomic mass is 10.1. The highest BCUT2D eigenvalue weighted by molar-refractivity contribution is 8.00. The van der Waals surface area contributed by atoms with Gasteiger partial charge in [0.05, 0.1) is 5.25 Å². The number of benzene rings is 1. The van der Waals surface area contributed by atoms with Gasteiger partial charge in [0, 0.05) is 12.6 Å². The number of hydrogen-bond acceptors (Lipinski definition) is 4. The zero-order valence-corrected chi connectivity index (χ0v) is 15.8. The van der Waals surface area contributed by atoms with Gasteiger partial charge >= 0.3 is 5.69 Å². The molecular weight excluding hydrogens is 336 g/mol. The van der Waals surface area contributed by atoms with Gasteiger partial charge in [-0.3, -0.25) is 9.36 Å². The first kappa shape index (κ1) is 19.3. The first-order valence-electron chi connectivity index (χ1n) is 8.67. The Morgan fingerprint density at radius 2 is 2.04 bits per heavy atom. The lowest BCUT2D eigenvalue weighted by Gasteiger charge is -2.17. The second-order valence-electron chi connectivity index (χ2n) is 6.16. The summed E-state index contributed by atoms with van der Waals surface area (Å²) in [6.07, 6.45) is 2.65. The molecule has 0 radical (unpaired) electrons. The summed E-state index contributed by atoms with van der Waals surface area (Å²) in [5.74, 6) is -0.0379. The zero-order valence-electron chi connectivity index (χ0n) is 15.0. The summed E-state index contributed by atoms with van der Waals surface area (Å²) >= 11 is 1.30. The molecule has 136 valence electrons. The van der Waals surface area contributed by atoms with Crippen LogP contribution in [0.15, 0.2) is 40.3 Å². The van der Waals surface area contributed by atoms with Crippen molar-refractivity contribution in [1.29, 1.82) is 0 Å². The molecule has 0 fully saturated rings. The maximum Gasteiger partial charge on any atom is 0.343 e. The molecule has 2 N–H and O–H groups in total. The Balaban J connectivity index is 1.84. The first-order valence-corrected chi connectivity index (χ1v) is 9.55. The highest BCUT2D eigenvalue weighted by atomic mass is 32.2. The third-order valence-corrected chi connectivity index (χ3v) is 5.01. The minimum absolute atomic E-state index is 0.0379. The molecule has 1 heterocycles. The predicted molar refractivity (Wildman–Crippen MR) is 101 cm³/mol. The average molecular weight is 362 g/mol. The summed E-state index contributed by atoms with van der Waals surface area (Å²) in [6.45, 7) is 6.44. The second kappa shape index (κ2) is 9.46. The van der Waals surface area contributed by atoms with E-state index in [1.807, 2.05) is 39.0 Å². The predicted octanol–water partition coefficient (Wildman–Crippen LogP) is 2.60. The van der Waals surface area contributed by atoms with Gasteiger partial charge in [0.15, 0.2) is 5.16 Å². The van der Waals surface area contributed by atoms with Gasteiger partial charge in [0.1, 0.15) is 0 Å². The first-order chi connectivity index (χ1) is 12.0. The SMILES string of the molecule is CCCn1c(S[C@H](C)C(=O)N[C@@H](C)CCc2ccccc2)n[nH]c1=O. The Labute approximate surface area is 152 Å². The van der Waals surface area contributed by atoms with Gasteiger partial charge in [-0.2, -0.15) is 0 Å². The van der Waals surface area contributed by atoms with E-state index in [4.69, 9.17) is 0 Å². The van der Waals surface area contributed by atoms with Crippen molar-refractivity contribution in [1.82, 2.24) is 20.1 Å². The van der Waals surface area contributed by atoms with Gasteiger partial charge in [0.25, 0.3) is 0 Å². The number of aromatic amines is 1. The van der Waals surface area contributed by atoms with Crippen LogP contribution in [0.3, 0.4) is 0 Å². The molecule has 1 aromatic carbocycles. The minimum atomic E-state index is -0.315. The molecule has 0 spiro atoms. The number of thioether (sulfide) groups is 1. The maximum absolute atomic E-state index is 12.4. The summed E-state index contributed by atoms with van der Waals surface area (Å²) in [5.41, 5.74) is 1.04. The summed E-state index contributed by atoms with van der Waals surface area (Å²) < 4.78 is 1.58. The zero-order chi connectivity index (χ0) is 18.2. The molecule has 25 heavy (non-hydrogen) atoms. The van der Waals surface area contributed by atoms with Gasteiger partial charge in [-0.1, -0.05) is 49.0 Å². The van der Waals surface area contributed by atoms with Crippen LogP contribution in [-0.4, -0.2) is 32.0 Å². The molecule has 2 rings (SSSR count). The number of aryl methyl sites for hydroxylation is 1. The molecule has 1 aromatic heterocycles. The standard InChI is InChI=1S/C18H26N4O2S/c1-4-12-22-17(24)20-21-18(22)25-14(3)16(23)19-13(2)10-11-15-8-6-5-7-9-15/h5-9,13-14H,4,10-12H2,1-3H3,(H,19,23)(H,20,24)/t13-,14+/m0/s1. The smallest absolute Gasteiger partial charge is 0.343 e. The molecule has 0 aliphatic heterocycles. The number of nitrogens with zero attached hydrogens (tertiary/aromatic N) is 2. The second-order valence-corrected chi connectivity index (χ2v) is 7.46. The van der Waals surface area contributed by atoms with Crippen LogP contribution in [0.4, 0.5) is 0 Å². The quantitative estimate of drug-likeness (QED) is 0.672. The highest BCUT2D eigenvalue weighted by Crippen LogP contribution is 2.20. The molecule has 2 atom stereocenters. The Bertz CT molecular complexity index is 726. The number of aromatic nitrogens is 3. The Morgan fingerprint density at radius 3 is 2.72 bits per heavy atom. The lowest BCUT2D eigenvalue weighted by Crippen LogP contribution is -2.38. The maximum atomic E-state index is 12.4. The summed E-state index contributed by atoms with van der Waals surface area (Å²) in [6, 6.07) is 10.3. The van der Waals surface area contributed by atoms with Crippen LogP contribution in [-0.2, 0) is 17.8 Å². The van der Waals surface area contributed by atoms with Crippen molar-refractivity contribution in [2.24, 2.45) is 0 Å². The molecule has 0 saturated heterocycles. The van der Waals surface area contributed by atoms with Gasteiger partial charge in [-0.25, -0.2) is 9.89 Å². The topological polar surface area (TPSA) is 79.8 Å². The minimum Gasteiger partial charge on any atom is -0.353 e. The van der Waals surface area contributed by atoms with Crippen LogP contribution in [0.2, 0.25) is 0 Å². The summed E-state index contributed by atoms with van der Waals surface area (Å²) in [4.78, 5) is 24.1. The number of carbonyl (C=O) groups is 1. The van der Waals surface area contributed by atoms with Crippen molar-refractivity contribution < 1.29 is 4.79 Å². The molecule has 0 unspecified atom stereocenters. The fraction of sp³-hybridized carbons (Fsp3) is 0.500. The van der Waals surface area contributed by atoms with E-state index in [9.17, 15) is 9.59 Å². The number of carbonyl (C=O) groups excluding carboxylic acids is 1. The van der Waals surface area contributed by atoms with E-state index in [0.717, 1.165) is 19.3 Å². The fourth-order valence-corrected chi connectivity index (χ4v) is 3.38. The number of H-pyrrole nitrogens is 1. The number of hydrogen-bond donors (Lipinski definition) is 2. The third kappa shape index (κ3) is 5.77. The van der Waals surface area contributed by atoms with Crippen molar-refractivity contribution in [3.8, 4) is 0 Å². The molecule has 0 aliphatic carbocycles. The van der Waals surface area contributed by atoms with E-state index in [-0.39, 0.29) is 22.9 Å². The number of rotatable bonds is 9. The van der Waals surface area contributed by atoms with Crippen molar-refractivity contribution in [3.05, 3.63) is 46.4 Å². The van der Waals surface area contributed by atoms with Crippen LogP contribution in [0.25, 0.3) is 0 Å². The fourth-order valence-electron chi connectivity index (χ4n) is 2.49. The average Bonchev–Trinajstić information content (AvgIpc) is 2.94. The third-order valence-electron chi connectivity index (χ3n) is 3.92. The lowest BCUT2D eigenvalue weighted by molar-refractivity contribution is -0.120. The molecule has 6 nitrogen and oxygen atoms in total. The molecule has 0 bridgehead atoms. The molecule has 1 amide bonds. The molecule has 0 aliphatic rings. The molecular formula is C18H26N4O2S. The van der Waals surface area contributed by atoms with Crippen LogP contribution in [0.1, 0.15) is 39.2 Å². The monoisotopic (exact) mass is 362 g/mol. The van der Waals surface area contributed by atoms with Crippen LogP contribution in [0.5, 0.6) is 0 Å². The van der Waals surface area contributed by atoms with Gasteiger partial charge < -0.3 is 5.32 Å². The largest absolute Gasteiger partial charge is 0.353 e. The Hall–Kier alpha value is -2.02. The number of nitrogens with one attached hydrogen (secondary N) is 2. The van der Waals surface area contributed by atoms with Gasteiger partial charge in [0.2, 0.25) is 5.91 Å². The van der Waals surface area contributed by atoms with E-state index in [2.05, 4.69) is 27.6 Å². The van der Waals surface area contributed by atoms with E-state index >= 15 is 0 Å². The van der Waals surface area contributed by atoms with Crippen LogP contribution in [0, 0.1) is 0 Å². The van der Waals surface area contributed by atoms with E-state index in [0.29, 0.717) is 11.7 Å². The van der Waals surface area contributed by atoms with Crippen LogP contribution >= 0.6 is 11.8 Å². The van der Waals surface area contributed by atoms with Crippen molar-refractivity contribution in [3.63, 3.8) is 0 Å². The molecule has 2 aromatic rings. The summed E-state index contributed by atoms with van der Waals surface area (Å²) in [5, 5.41) is 9.76. The van der Waals surface area contributed by atoms with Crippen molar-refractivity contribution in [2.45, 2.75) is 63.0 Å². The van der Waals surface area contributed by atoms with Gasteiger partial charge in [-0.15, -0.1) is 5.10 Å². The van der Waals surface area contributed by atoms with Crippen molar-refractivity contribution in [2.75, 3.05) is 0 Å². The molecule has 0 saturated carbocycles. The van der Waals surface area contributed by atoms with E-state index in [1.54, 1.807) is 4.57 Å². The summed E-state index contributed by atoms with van der Waals surface area (Å²) in [7, 11) is 0. The number of amides is 1. The van der Waals surface area contributed by atoms with Crippen LogP contribution < -0.4 is 11.0 Å². The normalized spacial score (nSPS) is 13.4. The van der Waals surface area contributed by atoms with E-state index in [1.165, 1.54) is 17.3 Å². The molecule has 7 heteroatoms. The highest BCUT2D eigenvalue weighted by Gasteiger charge is 2.20. The Kier molecular flexibility index (Phi) is 7.31. The van der Waals surface area contributed by atoms with E-state index < -0.39 is 0 Å². The van der Waals surface area contributed by atoms with Crippen molar-refractivity contribution >= 4 is 17.7 Å². The van der Waals surface area contributed by atoms with Gasteiger partial charge in [-0.05, 0) is 38.7 Å². The Morgan fingerprint density at radius 1 is 1.32 bits per heavy atom.